The van der Waals surface area contributed by atoms with E-state index in [1.54, 1.807) is 4.72 Å². The molecule has 1 fully saturated rings. The summed E-state index contributed by atoms with van der Waals surface area (Å²) >= 11 is 0. The van der Waals surface area contributed by atoms with Crippen LogP contribution < -0.4 is 9.86 Å². The summed E-state index contributed by atoms with van der Waals surface area (Å²) in [5.41, 5.74) is 0. The largest absolute Gasteiger partial charge is 0.452 e. The third-order valence-corrected chi connectivity index (χ3v) is 5.29. The summed E-state index contributed by atoms with van der Waals surface area (Å²) < 4.78 is 52.5. The molecule has 0 radical (unpaired) electrons. The number of nitrogens with one attached hydrogen (secondary N) is 1. The van der Waals surface area contributed by atoms with Crippen LogP contribution in [0, 0.1) is 0 Å². The standard InChI is InChI=1S/C7H15N3O6S2/c1-16-7(11)9-18(14,15)10-4-2-3-6(5-10)17(8,12)13/h6H,2-5H2,1H3,(H,9,11)(H2,8,12,13). The topological polar surface area (TPSA) is 136 Å². The molecular formula is C7H15N3O6S2. The first-order valence-corrected chi connectivity index (χ1v) is 8.09. The Bertz CT molecular complexity index is 513. The molecule has 0 saturated carbocycles. The van der Waals surface area contributed by atoms with E-state index in [9.17, 15) is 21.6 Å². The quantitative estimate of drug-likeness (QED) is 0.640. The molecule has 9 nitrogen and oxygen atoms in total. The van der Waals surface area contributed by atoms with Crippen molar-refractivity contribution in [3.05, 3.63) is 0 Å². The molecule has 0 aliphatic carbocycles. The molecule has 0 aromatic carbocycles. The molecule has 1 amide bonds. The fourth-order valence-electron chi connectivity index (χ4n) is 1.60. The van der Waals surface area contributed by atoms with Gasteiger partial charge in [-0.1, -0.05) is 0 Å². The smallest absolute Gasteiger partial charge is 0.421 e. The summed E-state index contributed by atoms with van der Waals surface area (Å²) in [6.07, 6.45) is -0.487. The van der Waals surface area contributed by atoms with Gasteiger partial charge in [-0.2, -0.15) is 12.7 Å². The van der Waals surface area contributed by atoms with Gasteiger partial charge in [0.15, 0.2) is 0 Å². The van der Waals surface area contributed by atoms with Crippen LogP contribution in [0.25, 0.3) is 0 Å². The summed E-state index contributed by atoms with van der Waals surface area (Å²) in [6.45, 7) is -0.149. The third-order valence-electron chi connectivity index (χ3n) is 2.54. The van der Waals surface area contributed by atoms with Gasteiger partial charge in [-0.05, 0) is 12.8 Å². The second-order valence-electron chi connectivity index (χ2n) is 3.81. The van der Waals surface area contributed by atoms with E-state index in [1.807, 2.05) is 0 Å². The van der Waals surface area contributed by atoms with E-state index in [0.29, 0.717) is 12.8 Å². The number of hydrogen-bond donors (Lipinski definition) is 2. The predicted octanol–water partition coefficient (Wildman–Crippen LogP) is -1.66. The summed E-state index contributed by atoms with van der Waals surface area (Å²) in [4.78, 5) is 10.9. The second kappa shape index (κ2) is 5.38. The lowest BCUT2D eigenvalue weighted by Gasteiger charge is -2.30. The Morgan fingerprint density at radius 3 is 2.50 bits per heavy atom. The first-order valence-electron chi connectivity index (χ1n) is 5.04. The highest BCUT2D eigenvalue weighted by Crippen LogP contribution is 2.17. The van der Waals surface area contributed by atoms with Crippen molar-refractivity contribution in [2.24, 2.45) is 5.14 Å². The zero-order valence-corrected chi connectivity index (χ0v) is 11.3. The van der Waals surface area contributed by atoms with Gasteiger partial charge in [0.1, 0.15) is 0 Å². The van der Waals surface area contributed by atoms with Crippen LogP contribution >= 0.6 is 0 Å². The number of carbonyl (C=O) groups excluding carboxylic acids is 1. The molecule has 1 unspecified atom stereocenters. The molecule has 3 N–H and O–H groups in total. The van der Waals surface area contributed by atoms with Crippen molar-refractivity contribution >= 4 is 26.3 Å². The monoisotopic (exact) mass is 301 g/mol. The van der Waals surface area contributed by atoms with E-state index in [0.717, 1.165) is 11.4 Å². The number of ether oxygens (including phenoxy) is 1. The lowest BCUT2D eigenvalue weighted by Crippen LogP contribution is -2.51. The maximum Gasteiger partial charge on any atom is 0.421 e. The van der Waals surface area contributed by atoms with Crippen molar-refractivity contribution in [1.29, 1.82) is 0 Å². The van der Waals surface area contributed by atoms with E-state index < -0.39 is 31.6 Å². The van der Waals surface area contributed by atoms with Crippen molar-refractivity contribution in [2.45, 2.75) is 18.1 Å². The maximum atomic E-state index is 11.7. The average Bonchev–Trinajstić information content (AvgIpc) is 2.27. The minimum Gasteiger partial charge on any atom is -0.452 e. The number of nitrogens with two attached hydrogens (primary N) is 1. The molecule has 11 heteroatoms. The Balaban J connectivity index is 2.81. The van der Waals surface area contributed by atoms with Crippen LogP contribution in [0.3, 0.4) is 0 Å². The van der Waals surface area contributed by atoms with Gasteiger partial charge in [0.25, 0.3) is 0 Å². The zero-order chi connectivity index (χ0) is 14.0. The maximum absolute atomic E-state index is 11.7. The van der Waals surface area contributed by atoms with E-state index in [4.69, 9.17) is 5.14 Å². The molecule has 1 heterocycles. The van der Waals surface area contributed by atoms with Crippen molar-refractivity contribution in [3.8, 4) is 0 Å². The molecule has 18 heavy (non-hydrogen) atoms. The van der Waals surface area contributed by atoms with Crippen molar-refractivity contribution in [2.75, 3.05) is 20.2 Å². The summed E-state index contributed by atoms with van der Waals surface area (Å²) in [5.74, 6) is 0. The van der Waals surface area contributed by atoms with Gasteiger partial charge in [-0.3, -0.25) is 0 Å². The van der Waals surface area contributed by atoms with Crippen LogP contribution in [-0.4, -0.2) is 52.7 Å². The van der Waals surface area contributed by atoms with Crippen molar-refractivity contribution in [1.82, 2.24) is 9.03 Å². The molecule has 0 spiro atoms. The molecule has 1 atom stereocenters. The third kappa shape index (κ3) is 3.80. The Morgan fingerprint density at radius 2 is 2.00 bits per heavy atom. The van der Waals surface area contributed by atoms with Crippen molar-refractivity contribution in [3.63, 3.8) is 0 Å². The Labute approximate surface area is 106 Å². The highest BCUT2D eigenvalue weighted by atomic mass is 32.2. The van der Waals surface area contributed by atoms with E-state index in [-0.39, 0.29) is 13.1 Å². The van der Waals surface area contributed by atoms with Gasteiger partial charge in [-0.15, -0.1) is 0 Å². The van der Waals surface area contributed by atoms with Gasteiger partial charge >= 0.3 is 16.3 Å². The molecule has 1 rings (SSSR count). The SMILES string of the molecule is COC(=O)NS(=O)(=O)N1CCCC(S(N)(=O)=O)C1. The Kier molecular flexibility index (Phi) is 4.53. The zero-order valence-electron chi connectivity index (χ0n) is 9.70. The fraction of sp³-hybridized carbons (Fsp3) is 0.857. The second-order valence-corrected chi connectivity index (χ2v) is 7.33. The van der Waals surface area contributed by atoms with Gasteiger partial charge < -0.3 is 4.74 Å². The minimum atomic E-state index is -4.10. The molecule has 1 saturated heterocycles. The number of hydrogen-bond acceptors (Lipinski definition) is 6. The lowest BCUT2D eigenvalue weighted by molar-refractivity contribution is 0.176. The first-order chi connectivity index (χ1) is 8.16. The Hall–Kier alpha value is -0.910. The first kappa shape index (κ1) is 15.1. The molecule has 1 aliphatic rings. The average molecular weight is 301 g/mol. The van der Waals surface area contributed by atoms with Gasteiger partial charge in [0, 0.05) is 13.1 Å². The lowest BCUT2D eigenvalue weighted by atomic mass is 10.2. The number of primary sulfonamides is 1. The number of nitrogens with zero attached hydrogens (tertiary/aromatic N) is 1. The fourth-order valence-corrected chi connectivity index (χ4v) is 3.75. The normalized spacial score (nSPS) is 22.4. The van der Waals surface area contributed by atoms with Crippen LogP contribution in [0.1, 0.15) is 12.8 Å². The number of sulfonamides is 1. The number of piperidine rings is 1. The van der Waals surface area contributed by atoms with Crippen LogP contribution in [0.2, 0.25) is 0 Å². The summed E-state index contributed by atoms with van der Waals surface area (Å²) in [6, 6.07) is 0. The number of rotatable bonds is 3. The summed E-state index contributed by atoms with van der Waals surface area (Å²) in [5, 5.41) is 4.02. The van der Waals surface area contributed by atoms with Gasteiger partial charge in [-0.25, -0.2) is 23.1 Å². The van der Waals surface area contributed by atoms with Crippen LogP contribution in [0.4, 0.5) is 4.79 Å². The van der Waals surface area contributed by atoms with Crippen LogP contribution in [0.15, 0.2) is 0 Å². The number of methoxy groups -OCH3 is 1. The molecule has 106 valence electrons. The van der Waals surface area contributed by atoms with Crippen molar-refractivity contribution < 1.29 is 26.4 Å². The van der Waals surface area contributed by atoms with Gasteiger partial charge in [0.05, 0.1) is 12.4 Å². The number of amides is 1. The highest BCUT2D eigenvalue weighted by Gasteiger charge is 2.34. The van der Waals surface area contributed by atoms with E-state index >= 15 is 0 Å². The molecule has 0 aromatic rings. The summed E-state index contributed by atoms with van der Waals surface area (Å²) in [7, 11) is -6.88. The van der Waals surface area contributed by atoms with E-state index in [2.05, 4.69) is 4.74 Å². The van der Waals surface area contributed by atoms with Crippen LogP contribution in [0.5, 0.6) is 0 Å². The molecular weight excluding hydrogens is 286 g/mol. The van der Waals surface area contributed by atoms with Gasteiger partial charge in [0.2, 0.25) is 10.0 Å². The molecule has 1 aliphatic heterocycles. The molecule has 0 bridgehead atoms. The Morgan fingerprint density at radius 1 is 1.39 bits per heavy atom. The number of carbonyl (C=O) groups is 1. The molecule has 0 aromatic heterocycles. The van der Waals surface area contributed by atoms with Crippen LogP contribution in [-0.2, 0) is 25.0 Å². The van der Waals surface area contributed by atoms with E-state index in [1.165, 1.54) is 0 Å². The predicted molar refractivity (Wildman–Crippen MR) is 62.2 cm³/mol. The highest BCUT2D eigenvalue weighted by molar-refractivity contribution is 7.90. The minimum absolute atomic E-state index is 0.123.